The van der Waals surface area contributed by atoms with Crippen molar-refractivity contribution < 1.29 is 9.53 Å². The summed E-state index contributed by atoms with van der Waals surface area (Å²) in [6, 6.07) is 0. The van der Waals surface area contributed by atoms with E-state index in [9.17, 15) is 19.6 Å². The standard InChI is InChI=1S/C7H7N2O5/c1-14-5(10)2-4-3-9(13)7(12)8-6(4)11/h3H,2H2,1H3,(H,8,11,12)/q-1. The Kier molecular flexibility index (Phi) is 2.70. The average Bonchev–Trinajstić information content (AvgIpc) is 2.14. The number of nitrogens with one attached hydrogen (secondary N) is 1. The van der Waals surface area contributed by atoms with Gasteiger partial charge in [0.1, 0.15) is 0 Å². The van der Waals surface area contributed by atoms with E-state index in [1.165, 1.54) is 0 Å². The van der Waals surface area contributed by atoms with Gasteiger partial charge in [-0.05, 0) is 0 Å². The molecule has 7 heteroatoms. The summed E-state index contributed by atoms with van der Waals surface area (Å²) in [4.78, 5) is 34.2. The van der Waals surface area contributed by atoms with E-state index in [2.05, 4.69) is 4.74 Å². The Morgan fingerprint density at radius 2 is 2.29 bits per heavy atom. The topological polar surface area (TPSA) is 104 Å². The number of carbonyl (C=O) groups is 1. The van der Waals surface area contributed by atoms with E-state index in [-0.39, 0.29) is 16.7 Å². The number of methoxy groups -OCH3 is 1. The molecular formula is C7H7N2O5-. The summed E-state index contributed by atoms with van der Waals surface area (Å²) in [5.41, 5.74) is -1.93. The number of hydrogen-bond acceptors (Lipinski definition) is 5. The molecule has 1 aromatic rings. The molecule has 0 unspecified atom stereocenters. The molecule has 0 saturated carbocycles. The van der Waals surface area contributed by atoms with Gasteiger partial charge in [-0.25, -0.2) is 4.79 Å². The molecule has 0 amide bonds. The molecule has 0 aliphatic rings. The summed E-state index contributed by atoms with van der Waals surface area (Å²) in [7, 11) is 1.16. The Labute approximate surface area is 77.5 Å². The summed E-state index contributed by atoms with van der Waals surface area (Å²) >= 11 is 0. The van der Waals surface area contributed by atoms with E-state index in [1.54, 1.807) is 4.98 Å². The summed E-state index contributed by atoms with van der Waals surface area (Å²) in [5.74, 6) is -0.658. The maximum absolute atomic E-state index is 11.0. The molecule has 0 atom stereocenters. The summed E-state index contributed by atoms with van der Waals surface area (Å²) in [6.45, 7) is 0. The molecule has 0 aromatic carbocycles. The second kappa shape index (κ2) is 3.77. The van der Waals surface area contributed by atoms with Crippen LogP contribution in [0, 0.1) is 5.21 Å². The Bertz CT molecular complexity index is 458. The maximum atomic E-state index is 11.0. The molecule has 1 rings (SSSR count). The molecule has 1 heterocycles. The fourth-order valence-electron chi connectivity index (χ4n) is 0.845. The zero-order valence-electron chi connectivity index (χ0n) is 7.27. The van der Waals surface area contributed by atoms with E-state index in [4.69, 9.17) is 0 Å². The monoisotopic (exact) mass is 199 g/mol. The van der Waals surface area contributed by atoms with Gasteiger partial charge in [-0.15, -0.1) is 0 Å². The number of ether oxygens (including phenoxy) is 1. The van der Waals surface area contributed by atoms with E-state index in [0.29, 0.717) is 0 Å². The smallest absolute Gasteiger partial charge is 0.323 e. The van der Waals surface area contributed by atoms with Crippen LogP contribution in [0.5, 0.6) is 0 Å². The van der Waals surface area contributed by atoms with Gasteiger partial charge in [0.25, 0.3) is 5.56 Å². The molecule has 1 aromatic heterocycles. The van der Waals surface area contributed by atoms with Crippen molar-refractivity contribution in [3.8, 4) is 0 Å². The van der Waals surface area contributed by atoms with E-state index in [0.717, 1.165) is 13.3 Å². The number of carbonyl (C=O) groups excluding carboxylic acids is 1. The number of aromatic amines is 1. The van der Waals surface area contributed by atoms with E-state index >= 15 is 0 Å². The van der Waals surface area contributed by atoms with Crippen LogP contribution in [-0.2, 0) is 16.0 Å². The van der Waals surface area contributed by atoms with Crippen LogP contribution in [0.15, 0.2) is 15.8 Å². The minimum Gasteiger partial charge on any atom is -0.802 e. The second-order valence-corrected chi connectivity index (χ2v) is 2.49. The second-order valence-electron chi connectivity index (χ2n) is 2.49. The van der Waals surface area contributed by atoms with Crippen LogP contribution in [0.4, 0.5) is 0 Å². The quantitative estimate of drug-likeness (QED) is 0.589. The number of hydrogen-bond donors (Lipinski definition) is 1. The van der Waals surface area contributed by atoms with E-state index in [1.807, 2.05) is 0 Å². The van der Waals surface area contributed by atoms with Crippen molar-refractivity contribution in [1.82, 2.24) is 9.71 Å². The van der Waals surface area contributed by atoms with Crippen molar-refractivity contribution in [2.75, 3.05) is 7.11 Å². The highest BCUT2D eigenvalue weighted by Gasteiger charge is 2.07. The lowest BCUT2D eigenvalue weighted by molar-refractivity contribution is -0.139. The minimum atomic E-state index is -1.07. The number of H-pyrrole nitrogens is 1. The normalized spacial score (nSPS) is 9.79. The largest absolute Gasteiger partial charge is 0.802 e. The molecule has 14 heavy (non-hydrogen) atoms. The summed E-state index contributed by atoms with van der Waals surface area (Å²) in [6.07, 6.45) is 0.423. The highest BCUT2D eigenvalue weighted by Crippen LogP contribution is 1.90. The molecule has 0 fully saturated rings. The predicted octanol–water partition coefficient (Wildman–Crippen LogP) is -1.40. The molecule has 0 saturated heterocycles. The maximum Gasteiger partial charge on any atom is 0.323 e. The van der Waals surface area contributed by atoms with Crippen LogP contribution >= 0.6 is 0 Å². The third-order valence-corrected chi connectivity index (χ3v) is 1.55. The van der Waals surface area contributed by atoms with Crippen LogP contribution in [0.1, 0.15) is 5.56 Å². The Hall–Kier alpha value is -2.05. The van der Waals surface area contributed by atoms with Gasteiger partial charge >= 0.3 is 11.7 Å². The lowest BCUT2D eigenvalue weighted by atomic mass is 10.2. The zero-order chi connectivity index (χ0) is 10.7. The Morgan fingerprint density at radius 1 is 1.64 bits per heavy atom. The Morgan fingerprint density at radius 3 is 2.86 bits per heavy atom. The van der Waals surface area contributed by atoms with E-state index < -0.39 is 17.2 Å². The number of nitrogens with zero attached hydrogens (tertiary/aromatic N) is 1. The Balaban J connectivity index is 3.11. The molecule has 0 radical (unpaired) electrons. The first-order chi connectivity index (χ1) is 6.54. The first kappa shape index (κ1) is 10.0. The fraction of sp³-hybridized carbons (Fsp3) is 0.286. The highest BCUT2D eigenvalue weighted by molar-refractivity contribution is 5.72. The van der Waals surface area contributed by atoms with Gasteiger partial charge in [-0.3, -0.25) is 14.6 Å². The van der Waals surface area contributed by atoms with Crippen molar-refractivity contribution in [3.05, 3.63) is 37.8 Å². The zero-order valence-corrected chi connectivity index (χ0v) is 7.27. The van der Waals surface area contributed by atoms with Gasteiger partial charge in [-0.2, -0.15) is 0 Å². The van der Waals surface area contributed by atoms with Crippen LogP contribution in [0.3, 0.4) is 0 Å². The molecular weight excluding hydrogens is 192 g/mol. The van der Waals surface area contributed by atoms with Gasteiger partial charge in [0, 0.05) is 11.8 Å². The molecule has 0 spiro atoms. The number of rotatable bonds is 2. The van der Waals surface area contributed by atoms with Crippen LogP contribution in [0.25, 0.3) is 0 Å². The van der Waals surface area contributed by atoms with Gasteiger partial charge in [0.2, 0.25) is 0 Å². The number of esters is 1. The van der Waals surface area contributed by atoms with Crippen molar-refractivity contribution >= 4 is 5.97 Å². The molecule has 0 bridgehead atoms. The molecule has 1 N–H and O–H groups in total. The van der Waals surface area contributed by atoms with Gasteiger partial charge in [0.15, 0.2) is 0 Å². The van der Waals surface area contributed by atoms with Crippen LogP contribution in [0.2, 0.25) is 0 Å². The fourth-order valence-corrected chi connectivity index (χ4v) is 0.845. The van der Waals surface area contributed by atoms with Crippen LogP contribution < -0.4 is 11.2 Å². The third kappa shape index (κ3) is 2.00. The van der Waals surface area contributed by atoms with Gasteiger partial charge in [0.05, 0.1) is 13.5 Å². The first-order valence-electron chi connectivity index (χ1n) is 3.63. The van der Waals surface area contributed by atoms with Crippen LogP contribution in [-0.4, -0.2) is 22.8 Å². The molecule has 0 aliphatic carbocycles. The van der Waals surface area contributed by atoms with Crippen molar-refractivity contribution in [2.24, 2.45) is 0 Å². The van der Waals surface area contributed by atoms with Crippen molar-refractivity contribution in [1.29, 1.82) is 0 Å². The number of aromatic nitrogens is 2. The van der Waals surface area contributed by atoms with Gasteiger partial charge < -0.3 is 14.7 Å². The van der Waals surface area contributed by atoms with Gasteiger partial charge in [-0.1, -0.05) is 0 Å². The summed E-state index contributed by atoms with van der Waals surface area (Å²) < 4.78 is 4.24. The predicted molar refractivity (Wildman–Crippen MR) is 45.8 cm³/mol. The molecule has 7 nitrogen and oxygen atoms in total. The highest BCUT2D eigenvalue weighted by atomic mass is 16.5. The first-order valence-corrected chi connectivity index (χ1v) is 3.63. The molecule has 76 valence electrons. The van der Waals surface area contributed by atoms with Crippen molar-refractivity contribution in [3.63, 3.8) is 0 Å². The lowest BCUT2D eigenvalue weighted by Crippen LogP contribution is -2.30. The molecule has 0 aliphatic heterocycles. The minimum absolute atomic E-state index is 0.0559. The lowest BCUT2D eigenvalue weighted by Gasteiger charge is -2.08. The summed E-state index contributed by atoms with van der Waals surface area (Å²) in [5, 5.41) is 10.7. The SMILES string of the molecule is COC(=O)Cc1cn([O-])c(=O)[nH]c1=O. The van der Waals surface area contributed by atoms with Crippen molar-refractivity contribution in [2.45, 2.75) is 6.42 Å². The average molecular weight is 199 g/mol. The third-order valence-electron chi connectivity index (χ3n) is 1.55.